The highest BCUT2D eigenvalue weighted by Gasteiger charge is 2.47. The lowest BCUT2D eigenvalue weighted by Gasteiger charge is -2.42. The maximum atomic E-state index is 13.0. The molecule has 2 fully saturated rings. The van der Waals surface area contributed by atoms with Crippen molar-refractivity contribution in [3.05, 3.63) is 60.8 Å². The highest BCUT2D eigenvalue weighted by molar-refractivity contribution is 5.70. The molecule has 2 aliphatic heterocycles. The third-order valence-corrected chi connectivity index (χ3v) is 13.0. The monoisotopic (exact) mass is 1020 g/mol. The van der Waals surface area contributed by atoms with Crippen LogP contribution < -0.4 is 0 Å². The second-order valence-electron chi connectivity index (χ2n) is 19.4. The van der Waals surface area contributed by atoms with E-state index in [4.69, 9.17) is 28.4 Å². The Morgan fingerprint density at radius 2 is 0.833 bits per heavy atom. The molecule has 0 saturated carbocycles. The molecule has 2 aliphatic rings. The minimum atomic E-state index is -1.77. The van der Waals surface area contributed by atoms with Crippen LogP contribution in [0.15, 0.2) is 60.8 Å². The average Bonchev–Trinajstić information content (AvgIpc) is 3.37. The first-order valence-corrected chi connectivity index (χ1v) is 27.9. The van der Waals surface area contributed by atoms with Gasteiger partial charge in [0.25, 0.3) is 0 Å². The molecule has 0 aromatic rings. The van der Waals surface area contributed by atoms with Crippen LogP contribution in [0, 0.1) is 0 Å². The fourth-order valence-corrected chi connectivity index (χ4v) is 8.37. The summed E-state index contributed by atoms with van der Waals surface area (Å²) in [6, 6.07) is 0. The summed E-state index contributed by atoms with van der Waals surface area (Å²) in [5.41, 5.74) is 0. The molecule has 0 aliphatic carbocycles. The van der Waals surface area contributed by atoms with Gasteiger partial charge in [-0.15, -0.1) is 0 Å². The molecule has 72 heavy (non-hydrogen) atoms. The van der Waals surface area contributed by atoms with E-state index in [-0.39, 0.29) is 19.4 Å². The summed E-state index contributed by atoms with van der Waals surface area (Å²) in [4.78, 5) is 25.9. The summed E-state index contributed by atoms with van der Waals surface area (Å²) in [6.07, 6.45) is 33.7. The highest BCUT2D eigenvalue weighted by Crippen LogP contribution is 2.26. The zero-order valence-corrected chi connectivity index (χ0v) is 44.1. The predicted molar refractivity (Wildman–Crippen MR) is 280 cm³/mol. The number of hydrogen-bond acceptors (Lipinski definition) is 15. The summed E-state index contributed by atoms with van der Waals surface area (Å²) in [7, 11) is 0. The van der Waals surface area contributed by atoms with Crippen molar-refractivity contribution < 1.29 is 73.8 Å². The number of aliphatic hydroxyl groups excluding tert-OH is 7. The average molecular weight is 1020 g/mol. The van der Waals surface area contributed by atoms with Crippen molar-refractivity contribution in [3.63, 3.8) is 0 Å². The van der Waals surface area contributed by atoms with Crippen LogP contribution in [0.25, 0.3) is 0 Å². The van der Waals surface area contributed by atoms with Crippen LogP contribution in [0.2, 0.25) is 0 Å². The standard InChI is InChI=1S/C57H98O15/c1-3-5-7-9-11-13-15-17-19-21-22-24-26-28-30-32-34-36-38-40-49(60)70-45(42-67-48(59)39-37-35-33-31-29-27-25-23-20-18-16-14-12-10-8-6-4-2)43-68-56-55(66)53(64)51(62)47(72-56)44-69-57-54(65)52(63)50(61)46(41-58)71-57/h11-14,17-20,22,24,45-47,50-58,61-66H,3-10,15-16,21,23,25-44H2,1-2H3/b13-11-,14-12-,19-17-,20-18-,24-22-. The SMILES string of the molecule is CCCCC/C=C\C/C=C\C/C=C\CCCCCCCCC(=O)OC(COC(=O)CCCCCCCCC/C=C\C/C=C\CCCCC)COC1OC(COC2OC(CO)C(O)C(O)C2O)C(O)C(O)C1O. The molecular formula is C57H98O15. The quantitative estimate of drug-likeness (QED) is 0.0172. The molecule has 0 radical (unpaired) electrons. The van der Waals surface area contributed by atoms with Gasteiger partial charge in [-0.1, -0.05) is 158 Å². The molecule has 11 atom stereocenters. The minimum Gasteiger partial charge on any atom is -0.462 e. The summed E-state index contributed by atoms with van der Waals surface area (Å²) in [5.74, 6) is -0.949. The number of carbonyl (C=O) groups is 2. The second-order valence-corrected chi connectivity index (χ2v) is 19.4. The molecule has 7 N–H and O–H groups in total. The number of esters is 2. The van der Waals surface area contributed by atoms with Gasteiger partial charge in [0.15, 0.2) is 18.7 Å². The number of ether oxygens (including phenoxy) is 6. The van der Waals surface area contributed by atoms with E-state index in [0.29, 0.717) is 12.8 Å². The predicted octanol–water partition coefficient (Wildman–Crippen LogP) is 8.83. The van der Waals surface area contributed by atoms with E-state index < -0.39 is 99.3 Å². The first kappa shape index (κ1) is 65.3. The molecule has 2 rings (SSSR count). The maximum Gasteiger partial charge on any atom is 0.306 e. The Morgan fingerprint density at radius 1 is 0.444 bits per heavy atom. The number of carbonyl (C=O) groups excluding carboxylic acids is 2. The van der Waals surface area contributed by atoms with Crippen molar-refractivity contribution in [2.24, 2.45) is 0 Å². The van der Waals surface area contributed by atoms with Gasteiger partial charge in [-0.25, -0.2) is 0 Å². The molecule has 2 heterocycles. The lowest BCUT2D eigenvalue weighted by Crippen LogP contribution is -2.61. The van der Waals surface area contributed by atoms with Crippen LogP contribution in [0.4, 0.5) is 0 Å². The van der Waals surface area contributed by atoms with Crippen molar-refractivity contribution in [1.82, 2.24) is 0 Å². The summed E-state index contributed by atoms with van der Waals surface area (Å²) in [5, 5.41) is 72.2. The second kappa shape index (κ2) is 43.4. The summed E-state index contributed by atoms with van der Waals surface area (Å²) >= 11 is 0. The summed E-state index contributed by atoms with van der Waals surface area (Å²) < 4.78 is 33.6. The van der Waals surface area contributed by atoms with Gasteiger partial charge < -0.3 is 64.2 Å². The van der Waals surface area contributed by atoms with Gasteiger partial charge in [-0.2, -0.15) is 0 Å². The number of unbranched alkanes of at least 4 members (excludes halogenated alkanes) is 19. The fourth-order valence-electron chi connectivity index (χ4n) is 8.37. The van der Waals surface area contributed by atoms with E-state index in [1.54, 1.807) is 0 Å². The third-order valence-electron chi connectivity index (χ3n) is 13.0. The Balaban J connectivity index is 1.79. The first-order valence-electron chi connectivity index (χ1n) is 27.9. The van der Waals surface area contributed by atoms with Gasteiger partial charge in [0.05, 0.1) is 19.8 Å². The third kappa shape index (κ3) is 30.5. The summed E-state index contributed by atoms with van der Waals surface area (Å²) in [6.45, 7) is 2.52. The smallest absolute Gasteiger partial charge is 0.306 e. The van der Waals surface area contributed by atoms with Crippen molar-refractivity contribution >= 4 is 11.9 Å². The number of hydrogen-bond donors (Lipinski definition) is 7. The van der Waals surface area contributed by atoms with Gasteiger partial charge in [0.2, 0.25) is 0 Å². The van der Waals surface area contributed by atoms with Crippen molar-refractivity contribution in [2.75, 3.05) is 26.4 Å². The van der Waals surface area contributed by atoms with Gasteiger partial charge >= 0.3 is 11.9 Å². The maximum absolute atomic E-state index is 13.0. The number of rotatable bonds is 43. The molecule has 416 valence electrons. The van der Waals surface area contributed by atoms with E-state index in [1.165, 1.54) is 64.2 Å². The van der Waals surface area contributed by atoms with Gasteiger partial charge in [0.1, 0.15) is 55.4 Å². The van der Waals surface area contributed by atoms with Crippen molar-refractivity contribution in [3.8, 4) is 0 Å². The van der Waals surface area contributed by atoms with Crippen LogP contribution in [0.5, 0.6) is 0 Å². The van der Waals surface area contributed by atoms with Crippen molar-refractivity contribution in [2.45, 2.75) is 261 Å². The first-order chi connectivity index (χ1) is 35.0. The Hall–Kier alpha value is -2.80. The Kier molecular flexibility index (Phi) is 39.4. The van der Waals surface area contributed by atoms with E-state index in [9.17, 15) is 45.3 Å². The van der Waals surface area contributed by atoms with Crippen LogP contribution >= 0.6 is 0 Å². The van der Waals surface area contributed by atoms with E-state index >= 15 is 0 Å². The van der Waals surface area contributed by atoms with Gasteiger partial charge in [0, 0.05) is 12.8 Å². The van der Waals surface area contributed by atoms with Crippen LogP contribution in [-0.2, 0) is 38.0 Å². The fraction of sp³-hybridized carbons (Fsp3) is 0.789. The Morgan fingerprint density at radius 3 is 1.31 bits per heavy atom. The molecule has 0 bridgehead atoms. The lowest BCUT2D eigenvalue weighted by atomic mass is 9.98. The molecular weight excluding hydrogens is 925 g/mol. The van der Waals surface area contributed by atoms with Gasteiger partial charge in [-0.3, -0.25) is 9.59 Å². The molecule has 15 nitrogen and oxygen atoms in total. The molecule has 11 unspecified atom stereocenters. The minimum absolute atomic E-state index is 0.147. The molecule has 0 amide bonds. The number of allylic oxidation sites excluding steroid dienone is 10. The Labute approximate surface area is 432 Å². The molecule has 0 aromatic carbocycles. The zero-order chi connectivity index (χ0) is 52.4. The molecule has 0 aromatic heterocycles. The molecule has 2 saturated heterocycles. The Bertz CT molecular complexity index is 1480. The molecule has 0 spiro atoms. The van der Waals surface area contributed by atoms with E-state index in [0.717, 1.165) is 89.9 Å². The normalized spacial score (nSPS) is 25.5. The zero-order valence-electron chi connectivity index (χ0n) is 44.1. The van der Waals surface area contributed by atoms with Gasteiger partial charge in [-0.05, 0) is 83.5 Å². The van der Waals surface area contributed by atoms with E-state index in [1.807, 2.05) is 0 Å². The van der Waals surface area contributed by atoms with E-state index in [2.05, 4.69) is 74.6 Å². The highest BCUT2D eigenvalue weighted by atomic mass is 16.7. The molecule has 15 heteroatoms. The van der Waals surface area contributed by atoms with Crippen molar-refractivity contribution in [1.29, 1.82) is 0 Å². The van der Waals surface area contributed by atoms with Crippen LogP contribution in [-0.4, -0.2) is 142 Å². The number of aliphatic hydroxyl groups is 7. The largest absolute Gasteiger partial charge is 0.462 e. The van der Waals surface area contributed by atoms with Crippen LogP contribution in [0.1, 0.15) is 194 Å². The van der Waals surface area contributed by atoms with Crippen LogP contribution in [0.3, 0.4) is 0 Å². The topological polar surface area (TPSA) is 231 Å². The lowest BCUT2D eigenvalue weighted by molar-refractivity contribution is -0.332.